The van der Waals surface area contributed by atoms with Crippen LogP contribution >= 0.6 is 0 Å². The van der Waals surface area contributed by atoms with Gasteiger partial charge < -0.3 is 5.32 Å². The highest BCUT2D eigenvalue weighted by atomic mass is 15.2. The van der Waals surface area contributed by atoms with Gasteiger partial charge in [-0.15, -0.1) is 0 Å². The minimum atomic E-state index is 0.740. The molecule has 0 aromatic heterocycles. The molecule has 1 N–H and O–H groups in total. The smallest absolute Gasteiger partial charge is 0.0240 e. The van der Waals surface area contributed by atoms with Gasteiger partial charge >= 0.3 is 0 Å². The van der Waals surface area contributed by atoms with Gasteiger partial charge in [-0.25, -0.2) is 0 Å². The van der Waals surface area contributed by atoms with E-state index in [-0.39, 0.29) is 0 Å². The predicted octanol–water partition coefficient (Wildman–Crippen LogP) is 3.28. The molecule has 2 saturated carbocycles. The maximum atomic E-state index is 3.66. The predicted molar refractivity (Wildman–Crippen MR) is 82.9 cm³/mol. The van der Waals surface area contributed by atoms with Crippen LogP contribution in [0, 0.1) is 0 Å². The topological polar surface area (TPSA) is 15.3 Å². The number of hydrogen-bond donors (Lipinski definition) is 1. The van der Waals surface area contributed by atoms with Crippen LogP contribution in [0.5, 0.6) is 0 Å². The normalized spacial score (nSPS) is 26.4. The largest absolute Gasteiger partial charge is 0.313 e. The lowest BCUT2D eigenvalue weighted by Gasteiger charge is -2.26. The van der Waals surface area contributed by atoms with Gasteiger partial charge in [0, 0.05) is 25.2 Å². The maximum Gasteiger partial charge on any atom is 0.0240 e. The number of nitrogens with one attached hydrogen (secondary N) is 1. The third-order valence-electron chi connectivity index (χ3n) is 5.13. The van der Waals surface area contributed by atoms with Crippen LogP contribution in [-0.2, 0) is 6.54 Å². The molecule has 2 nitrogen and oxygen atoms in total. The molecule has 4 rings (SSSR count). The van der Waals surface area contributed by atoms with E-state index < -0.39 is 0 Å². The first-order valence-electron chi connectivity index (χ1n) is 8.45. The zero-order valence-corrected chi connectivity index (χ0v) is 12.4. The Kier molecular flexibility index (Phi) is 3.53. The molecule has 0 spiro atoms. The van der Waals surface area contributed by atoms with Gasteiger partial charge in [-0.05, 0) is 62.1 Å². The highest BCUT2D eigenvalue weighted by molar-refractivity contribution is 5.33. The quantitative estimate of drug-likeness (QED) is 0.853. The van der Waals surface area contributed by atoms with Crippen LogP contribution in [0.3, 0.4) is 0 Å². The van der Waals surface area contributed by atoms with Crippen LogP contribution in [0.2, 0.25) is 0 Å². The average molecular weight is 270 g/mol. The van der Waals surface area contributed by atoms with E-state index >= 15 is 0 Å². The molecule has 1 heterocycles. The van der Waals surface area contributed by atoms with Crippen molar-refractivity contribution in [2.75, 3.05) is 13.1 Å². The molecule has 1 aromatic rings. The van der Waals surface area contributed by atoms with Gasteiger partial charge in [-0.2, -0.15) is 0 Å². The molecule has 2 aliphatic carbocycles. The average Bonchev–Trinajstić information content (AvgIpc) is 3.38. The third-order valence-corrected chi connectivity index (χ3v) is 5.13. The number of benzene rings is 1. The second-order valence-electron chi connectivity index (χ2n) is 6.93. The Bertz CT molecular complexity index is 456. The summed E-state index contributed by atoms with van der Waals surface area (Å²) in [7, 11) is 0. The Morgan fingerprint density at radius 1 is 1.05 bits per heavy atom. The van der Waals surface area contributed by atoms with E-state index in [2.05, 4.69) is 34.5 Å². The lowest BCUT2D eigenvalue weighted by atomic mass is 10.0. The Balaban J connectivity index is 1.47. The standard InChI is InChI=1S/C18H26N2/c1-2-6-18(14-7-8-14)15(4-1)12-20(17-9-10-17)13-16-5-3-11-19-16/h1-2,4,6,14,16-17,19H,3,5,7-13H2. The van der Waals surface area contributed by atoms with Crippen LogP contribution in [0.4, 0.5) is 0 Å². The van der Waals surface area contributed by atoms with E-state index in [1.165, 1.54) is 58.2 Å². The summed E-state index contributed by atoms with van der Waals surface area (Å²) in [6, 6.07) is 10.8. The second kappa shape index (κ2) is 5.50. The first-order chi connectivity index (χ1) is 9.90. The summed E-state index contributed by atoms with van der Waals surface area (Å²) in [4.78, 5) is 2.75. The molecule has 1 saturated heterocycles. The molecule has 108 valence electrons. The van der Waals surface area contributed by atoms with Gasteiger partial charge in [-0.3, -0.25) is 4.90 Å². The second-order valence-corrected chi connectivity index (χ2v) is 6.93. The summed E-state index contributed by atoms with van der Waals surface area (Å²) in [5.74, 6) is 0.872. The van der Waals surface area contributed by atoms with E-state index in [9.17, 15) is 0 Å². The van der Waals surface area contributed by atoms with Crippen molar-refractivity contribution in [3.8, 4) is 0 Å². The van der Waals surface area contributed by atoms with Crippen LogP contribution in [-0.4, -0.2) is 30.1 Å². The van der Waals surface area contributed by atoms with Crippen LogP contribution < -0.4 is 5.32 Å². The summed E-state index contributed by atoms with van der Waals surface area (Å²) in [5.41, 5.74) is 3.23. The molecule has 1 aliphatic heterocycles. The molecular weight excluding hydrogens is 244 g/mol. The molecular formula is C18H26N2. The zero-order chi connectivity index (χ0) is 13.4. The Morgan fingerprint density at radius 2 is 1.90 bits per heavy atom. The fourth-order valence-corrected chi connectivity index (χ4v) is 3.67. The lowest BCUT2D eigenvalue weighted by molar-refractivity contribution is 0.230. The lowest BCUT2D eigenvalue weighted by Crippen LogP contribution is -2.38. The van der Waals surface area contributed by atoms with Crippen LogP contribution in [0.25, 0.3) is 0 Å². The van der Waals surface area contributed by atoms with Gasteiger partial charge in [0.05, 0.1) is 0 Å². The van der Waals surface area contributed by atoms with Crippen molar-refractivity contribution in [2.24, 2.45) is 0 Å². The Morgan fingerprint density at radius 3 is 2.60 bits per heavy atom. The summed E-state index contributed by atoms with van der Waals surface area (Å²) >= 11 is 0. The fraction of sp³-hybridized carbons (Fsp3) is 0.667. The fourth-order valence-electron chi connectivity index (χ4n) is 3.67. The van der Waals surface area contributed by atoms with Crippen molar-refractivity contribution in [3.05, 3.63) is 35.4 Å². The van der Waals surface area contributed by atoms with Gasteiger partial charge in [0.15, 0.2) is 0 Å². The van der Waals surface area contributed by atoms with Crippen LogP contribution in [0.15, 0.2) is 24.3 Å². The van der Waals surface area contributed by atoms with E-state index in [1.54, 1.807) is 11.1 Å². The summed E-state index contributed by atoms with van der Waals surface area (Å²) in [6.07, 6.45) is 8.38. The minimum Gasteiger partial charge on any atom is -0.313 e. The monoisotopic (exact) mass is 270 g/mol. The molecule has 0 bridgehead atoms. The molecule has 0 radical (unpaired) electrons. The molecule has 1 aromatic carbocycles. The first-order valence-corrected chi connectivity index (χ1v) is 8.45. The van der Waals surface area contributed by atoms with Crippen molar-refractivity contribution in [2.45, 2.75) is 63.1 Å². The molecule has 0 amide bonds. The van der Waals surface area contributed by atoms with E-state index in [4.69, 9.17) is 0 Å². The molecule has 1 atom stereocenters. The zero-order valence-electron chi connectivity index (χ0n) is 12.4. The molecule has 1 unspecified atom stereocenters. The van der Waals surface area contributed by atoms with Gasteiger partial charge in [0.2, 0.25) is 0 Å². The first kappa shape index (κ1) is 12.8. The Labute approximate surface area is 122 Å². The van der Waals surface area contributed by atoms with E-state index in [0.717, 1.165) is 18.0 Å². The van der Waals surface area contributed by atoms with Crippen molar-refractivity contribution >= 4 is 0 Å². The van der Waals surface area contributed by atoms with Crippen molar-refractivity contribution in [1.82, 2.24) is 10.2 Å². The summed E-state index contributed by atoms with van der Waals surface area (Å²) in [6.45, 7) is 3.65. The highest BCUT2D eigenvalue weighted by Gasteiger charge is 2.33. The Hall–Kier alpha value is -0.860. The van der Waals surface area contributed by atoms with E-state index in [1.807, 2.05) is 0 Å². The summed E-state index contributed by atoms with van der Waals surface area (Å²) in [5, 5.41) is 3.66. The van der Waals surface area contributed by atoms with Crippen molar-refractivity contribution < 1.29 is 0 Å². The van der Waals surface area contributed by atoms with Gasteiger partial charge in [-0.1, -0.05) is 24.3 Å². The third kappa shape index (κ3) is 2.91. The van der Waals surface area contributed by atoms with Crippen LogP contribution in [0.1, 0.15) is 55.6 Å². The SMILES string of the molecule is c1ccc(C2CC2)c(CN(CC2CCCN2)C2CC2)c1. The van der Waals surface area contributed by atoms with Crippen molar-refractivity contribution in [1.29, 1.82) is 0 Å². The maximum absolute atomic E-state index is 3.66. The molecule has 3 fully saturated rings. The minimum absolute atomic E-state index is 0.740. The summed E-state index contributed by atoms with van der Waals surface area (Å²) < 4.78 is 0. The highest BCUT2D eigenvalue weighted by Crippen LogP contribution is 2.42. The number of rotatable bonds is 6. The molecule has 20 heavy (non-hydrogen) atoms. The van der Waals surface area contributed by atoms with Gasteiger partial charge in [0.1, 0.15) is 0 Å². The van der Waals surface area contributed by atoms with Crippen molar-refractivity contribution in [3.63, 3.8) is 0 Å². The molecule has 3 aliphatic rings. The van der Waals surface area contributed by atoms with Gasteiger partial charge in [0.25, 0.3) is 0 Å². The number of nitrogens with zero attached hydrogens (tertiary/aromatic N) is 1. The van der Waals surface area contributed by atoms with E-state index in [0.29, 0.717) is 0 Å². The molecule has 2 heteroatoms. The number of hydrogen-bond acceptors (Lipinski definition) is 2.